The number of piperidine rings is 1. The summed E-state index contributed by atoms with van der Waals surface area (Å²) in [6.07, 6.45) is 1.81. The summed E-state index contributed by atoms with van der Waals surface area (Å²) < 4.78 is 0. The lowest BCUT2D eigenvalue weighted by molar-refractivity contribution is -0.152. The van der Waals surface area contributed by atoms with Gasteiger partial charge in [0.25, 0.3) is 0 Å². The lowest BCUT2D eigenvalue weighted by atomic mass is 9.78. The van der Waals surface area contributed by atoms with Gasteiger partial charge in [0.05, 0.1) is 16.1 Å². The third-order valence-corrected chi connectivity index (χ3v) is 4.44. The summed E-state index contributed by atoms with van der Waals surface area (Å²) in [5.41, 5.74) is -0.303. The van der Waals surface area contributed by atoms with Gasteiger partial charge in [-0.05, 0) is 31.4 Å². The maximum absolute atomic E-state index is 12.3. The molecule has 0 bridgehead atoms. The van der Waals surface area contributed by atoms with Crippen LogP contribution < -0.4 is 5.32 Å². The van der Waals surface area contributed by atoms with Gasteiger partial charge in [-0.3, -0.25) is 4.79 Å². The van der Waals surface area contributed by atoms with Crippen molar-refractivity contribution in [3.05, 3.63) is 29.3 Å². The van der Waals surface area contributed by atoms with E-state index >= 15 is 0 Å². The molecule has 5 nitrogen and oxygen atoms in total. The number of hydrogen-bond donors (Lipinski definition) is 2. The number of amides is 2. The second-order valence-electron chi connectivity index (χ2n) is 5.37. The smallest absolute Gasteiger partial charge is 0.321 e. The number of aliphatic carboxylic acids is 1. The summed E-state index contributed by atoms with van der Waals surface area (Å²) in [6, 6.07) is 6.67. The van der Waals surface area contributed by atoms with Crippen LogP contribution in [0.2, 0.25) is 5.02 Å². The molecule has 1 aromatic carbocycles. The molecule has 1 aliphatic heterocycles. The van der Waals surface area contributed by atoms with E-state index in [9.17, 15) is 14.7 Å². The molecule has 1 aromatic rings. The predicted molar refractivity (Wildman–Crippen MR) is 81.6 cm³/mol. The van der Waals surface area contributed by atoms with Crippen molar-refractivity contribution in [2.45, 2.75) is 26.2 Å². The number of carbonyl (C=O) groups excluding carboxylic acids is 1. The lowest BCUT2D eigenvalue weighted by Gasteiger charge is -2.39. The van der Waals surface area contributed by atoms with Crippen LogP contribution in [0.1, 0.15) is 26.2 Å². The lowest BCUT2D eigenvalue weighted by Crippen LogP contribution is -2.50. The topological polar surface area (TPSA) is 69.6 Å². The van der Waals surface area contributed by atoms with Gasteiger partial charge in [0.1, 0.15) is 0 Å². The first-order valence-electron chi connectivity index (χ1n) is 7.02. The standard InChI is InChI=1S/C15H19ClN2O3/c1-2-15(13(19)20)8-5-9-18(10-15)14(21)17-12-7-4-3-6-11(12)16/h3-4,6-7H,2,5,8-10H2,1H3,(H,17,21)(H,19,20). The van der Waals surface area contributed by atoms with Gasteiger partial charge in [-0.25, -0.2) is 4.79 Å². The Morgan fingerprint density at radius 1 is 1.43 bits per heavy atom. The van der Waals surface area contributed by atoms with Gasteiger partial charge in [0.2, 0.25) is 0 Å². The van der Waals surface area contributed by atoms with Crippen LogP contribution in [0.5, 0.6) is 0 Å². The van der Waals surface area contributed by atoms with E-state index in [2.05, 4.69) is 5.32 Å². The maximum atomic E-state index is 12.3. The van der Waals surface area contributed by atoms with Crippen LogP contribution in [-0.2, 0) is 4.79 Å². The van der Waals surface area contributed by atoms with E-state index in [1.807, 2.05) is 6.92 Å². The Morgan fingerprint density at radius 2 is 2.14 bits per heavy atom. The van der Waals surface area contributed by atoms with Crippen molar-refractivity contribution in [2.24, 2.45) is 5.41 Å². The first kappa shape index (κ1) is 15.6. The van der Waals surface area contributed by atoms with Crippen LogP contribution in [0.4, 0.5) is 10.5 Å². The van der Waals surface area contributed by atoms with E-state index in [1.165, 1.54) is 0 Å². The van der Waals surface area contributed by atoms with Gasteiger partial charge in [0, 0.05) is 13.1 Å². The zero-order valence-electron chi connectivity index (χ0n) is 11.9. The molecule has 0 aliphatic carbocycles. The van der Waals surface area contributed by atoms with Crippen molar-refractivity contribution in [1.29, 1.82) is 0 Å². The molecule has 2 amide bonds. The van der Waals surface area contributed by atoms with E-state index in [0.29, 0.717) is 36.5 Å². The minimum absolute atomic E-state index is 0.231. The fraction of sp³-hybridized carbons (Fsp3) is 0.467. The molecular weight excluding hydrogens is 292 g/mol. The zero-order valence-corrected chi connectivity index (χ0v) is 12.7. The minimum Gasteiger partial charge on any atom is -0.481 e. The quantitative estimate of drug-likeness (QED) is 0.898. The number of nitrogens with zero attached hydrogens (tertiary/aromatic N) is 1. The number of carboxylic acids is 1. The molecule has 1 heterocycles. The first-order chi connectivity index (χ1) is 9.98. The maximum Gasteiger partial charge on any atom is 0.321 e. The first-order valence-corrected chi connectivity index (χ1v) is 7.40. The number of carbonyl (C=O) groups is 2. The van der Waals surface area contributed by atoms with Gasteiger partial charge in [-0.15, -0.1) is 0 Å². The highest BCUT2D eigenvalue weighted by Crippen LogP contribution is 2.34. The third kappa shape index (κ3) is 3.29. The van der Waals surface area contributed by atoms with Gasteiger partial charge in [-0.2, -0.15) is 0 Å². The number of likely N-dealkylation sites (tertiary alicyclic amines) is 1. The van der Waals surface area contributed by atoms with E-state index in [1.54, 1.807) is 29.2 Å². The van der Waals surface area contributed by atoms with E-state index in [0.717, 1.165) is 0 Å². The Kier molecular flexibility index (Phi) is 4.73. The van der Waals surface area contributed by atoms with Crippen LogP contribution in [0.3, 0.4) is 0 Å². The number of rotatable bonds is 3. The normalized spacial score (nSPS) is 21.9. The average Bonchev–Trinajstić information content (AvgIpc) is 2.49. The minimum atomic E-state index is -0.837. The Morgan fingerprint density at radius 3 is 2.76 bits per heavy atom. The molecule has 1 aliphatic rings. The Balaban J connectivity index is 2.09. The Bertz CT molecular complexity index is 549. The number of hydrogen-bond acceptors (Lipinski definition) is 2. The van der Waals surface area contributed by atoms with Crippen molar-refractivity contribution in [2.75, 3.05) is 18.4 Å². The molecule has 0 radical (unpaired) electrons. The number of para-hydroxylation sites is 1. The fourth-order valence-corrected chi connectivity index (χ4v) is 2.86. The van der Waals surface area contributed by atoms with Gasteiger partial charge < -0.3 is 15.3 Å². The highest BCUT2D eigenvalue weighted by molar-refractivity contribution is 6.33. The van der Waals surface area contributed by atoms with Crippen LogP contribution in [0.15, 0.2) is 24.3 Å². The van der Waals surface area contributed by atoms with Gasteiger partial charge >= 0.3 is 12.0 Å². The largest absolute Gasteiger partial charge is 0.481 e. The molecular formula is C15H19ClN2O3. The number of nitrogens with one attached hydrogen (secondary N) is 1. The summed E-state index contributed by atoms with van der Waals surface area (Å²) in [5.74, 6) is -0.833. The number of anilines is 1. The summed E-state index contributed by atoms with van der Waals surface area (Å²) in [6.45, 7) is 2.64. The monoisotopic (exact) mass is 310 g/mol. The number of halogens is 1. The Labute approximate surface area is 128 Å². The molecule has 2 rings (SSSR count). The molecule has 1 unspecified atom stereocenters. The van der Waals surface area contributed by atoms with Crippen molar-refractivity contribution in [1.82, 2.24) is 4.90 Å². The number of carboxylic acid groups (broad SMARTS) is 1. The highest BCUT2D eigenvalue weighted by Gasteiger charge is 2.42. The van der Waals surface area contributed by atoms with Crippen molar-refractivity contribution >= 4 is 29.3 Å². The highest BCUT2D eigenvalue weighted by atomic mass is 35.5. The van der Waals surface area contributed by atoms with Crippen molar-refractivity contribution in [3.63, 3.8) is 0 Å². The molecule has 1 saturated heterocycles. The summed E-state index contributed by atoms with van der Waals surface area (Å²) in [5, 5.41) is 12.6. The second-order valence-corrected chi connectivity index (χ2v) is 5.78. The summed E-state index contributed by atoms with van der Waals surface area (Å²) in [7, 11) is 0. The van der Waals surface area contributed by atoms with Crippen LogP contribution in [0.25, 0.3) is 0 Å². The molecule has 0 spiro atoms. The average molecular weight is 311 g/mol. The van der Waals surface area contributed by atoms with Crippen molar-refractivity contribution < 1.29 is 14.7 Å². The number of urea groups is 1. The van der Waals surface area contributed by atoms with Gasteiger partial charge in [-0.1, -0.05) is 30.7 Å². The molecule has 0 saturated carbocycles. The second kappa shape index (κ2) is 6.35. The molecule has 21 heavy (non-hydrogen) atoms. The summed E-state index contributed by atoms with van der Waals surface area (Å²) in [4.78, 5) is 25.4. The van der Waals surface area contributed by atoms with Crippen molar-refractivity contribution in [3.8, 4) is 0 Å². The van der Waals surface area contributed by atoms with Crippen LogP contribution >= 0.6 is 11.6 Å². The Hall–Kier alpha value is -1.75. The SMILES string of the molecule is CCC1(C(=O)O)CCCN(C(=O)Nc2ccccc2Cl)C1. The predicted octanol–water partition coefficient (Wildman–Crippen LogP) is 3.45. The number of benzene rings is 1. The molecule has 114 valence electrons. The van der Waals surface area contributed by atoms with Crippen LogP contribution in [-0.4, -0.2) is 35.1 Å². The molecule has 0 aromatic heterocycles. The molecule has 1 fully saturated rings. The molecule has 6 heteroatoms. The summed E-state index contributed by atoms with van der Waals surface area (Å²) >= 11 is 6.01. The fourth-order valence-electron chi connectivity index (χ4n) is 2.68. The van der Waals surface area contributed by atoms with E-state index < -0.39 is 11.4 Å². The van der Waals surface area contributed by atoms with E-state index in [4.69, 9.17) is 11.6 Å². The zero-order chi connectivity index (χ0) is 15.5. The molecule has 1 atom stereocenters. The third-order valence-electron chi connectivity index (χ3n) is 4.11. The van der Waals surface area contributed by atoms with Crippen LogP contribution in [0, 0.1) is 5.41 Å². The van der Waals surface area contributed by atoms with E-state index in [-0.39, 0.29) is 12.6 Å². The molecule has 2 N–H and O–H groups in total. The van der Waals surface area contributed by atoms with Gasteiger partial charge in [0.15, 0.2) is 0 Å².